The second-order valence-corrected chi connectivity index (χ2v) is 7.53. The van der Waals surface area contributed by atoms with Gasteiger partial charge in [0, 0.05) is 13.1 Å². The zero-order valence-corrected chi connectivity index (χ0v) is 12.9. The molecule has 1 heterocycles. The second kappa shape index (κ2) is 5.90. The van der Waals surface area contributed by atoms with Gasteiger partial charge < -0.3 is 5.11 Å². The number of carboxylic acid groups (broad SMARTS) is 1. The Balaban J connectivity index is 2.41. The lowest BCUT2D eigenvalue weighted by Gasteiger charge is -2.33. The second-order valence-electron chi connectivity index (χ2n) is 5.25. The van der Waals surface area contributed by atoms with E-state index in [0.717, 1.165) is 10.4 Å². The number of aliphatic carboxylic acids is 1. The molecular formula is C13H15ClFNO4S. The van der Waals surface area contributed by atoms with Crippen molar-refractivity contribution in [2.45, 2.75) is 18.2 Å². The molecule has 1 aliphatic heterocycles. The van der Waals surface area contributed by atoms with Crippen LogP contribution < -0.4 is 0 Å². The minimum Gasteiger partial charge on any atom is -0.481 e. The predicted octanol–water partition coefficient (Wildman–Crippen LogP) is 2.21. The number of halogens is 2. The maximum absolute atomic E-state index is 13.8. The van der Waals surface area contributed by atoms with Crippen LogP contribution in [-0.4, -0.2) is 36.9 Å². The summed E-state index contributed by atoms with van der Waals surface area (Å²) < 4.78 is 40.0. The van der Waals surface area contributed by atoms with Crippen molar-refractivity contribution in [1.29, 1.82) is 0 Å². The molecule has 2 atom stereocenters. The van der Waals surface area contributed by atoms with Crippen molar-refractivity contribution in [3.8, 4) is 0 Å². The third-order valence-electron chi connectivity index (χ3n) is 3.49. The Labute approximate surface area is 127 Å². The largest absolute Gasteiger partial charge is 0.481 e. The first-order chi connectivity index (χ1) is 9.73. The molecule has 1 saturated heterocycles. The Morgan fingerprint density at radius 3 is 2.67 bits per heavy atom. The SMILES string of the molecule is CC1CC(C(=O)O)CN(S(=O)(=O)c2c(F)cccc2Cl)C1. The number of piperidine rings is 1. The Hall–Kier alpha value is -1.18. The lowest BCUT2D eigenvalue weighted by molar-refractivity contribution is -0.143. The summed E-state index contributed by atoms with van der Waals surface area (Å²) in [6.07, 6.45) is 0.395. The van der Waals surface area contributed by atoms with Crippen LogP contribution in [0.3, 0.4) is 0 Å². The van der Waals surface area contributed by atoms with Gasteiger partial charge in [-0.1, -0.05) is 24.6 Å². The van der Waals surface area contributed by atoms with Crippen LogP contribution in [-0.2, 0) is 14.8 Å². The first-order valence-electron chi connectivity index (χ1n) is 6.40. The topological polar surface area (TPSA) is 74.7 Å². The fourth-order valence-electron chi connectivity index (χ4n) is 2.54. The summed E-state index contributed by atoms with van der Waals surface area (Å²) in [4.78, 5) is 10.5. The van der Waals surface area contributed by atoms with E-state index < -0.39 is 32.6 Å². The summed E-state index contributed by atoms with van der Waals surface area (Å²) in [5.41, 5.74) is 0. The summed E-state index contributed by atoms with van der Waals surface area (Å²) in [5.74, 6) is -2.91. The van der Waals surface area contributed by atoms with E-state index in [0.29, 0.717) is 6.42 Å². The van der Waals surface area contributed by atoms with E-state index >= 15 is 0 Å². The summed E-state index contributed by atoms with van der Waals surface area (Å²) in [7, 11) is -4.16. The molecule has 116 valence electrons. The van der Waals surface area contributed by atoms with Gasteiger partial charge in [-0.15, -0.1) is 0 Å². The van der Waals surface area contributed by atoms with Gasteiger partial charge in [0.2, 0.25) is 10.0 Å². The molecule has 2 unspecified atom stereocenters. The number of nitrogens with zero attached hydrogens (tertiary/aromatic N) is 1. The van der Waals surface area contributed by atoms with Crippen LogP contribution in [0.5, 0.6) is 0 Å². The molecule has 8 heteroatoms. The number of benzene rings is 1. The van der Waals surface area contributed by atoms with Crippen LogP contribution >= 0.6 is 11.6 Å². The lowest BCUT2D eigenvalue weighted by Crippen LogP contribution is -2.45. The maximum atomic E-state index is 13.8. The van der Waals surface area contributed by atoms with Crippen molar-refractivity contribution in [1.82, 2.24) is 4.31 Å². The van der Waals surface area contributed by atoms with Gasteiger partial charge in [-0.05, 0) is 24.5 Å². The van der Waals surface area contributed by atoms with Gasteiger partial charge in [-0.3, -0.25) is 4.79 Å². The van der Waals surface area contributed by atoms with E-state index in [4.69, 9.17) is 16.7 Å². The number of hydrogen-bond donors (Lipinski definition) is 1. The Morgan fingerprint density at radius 2 is 2.10 bits per heavy atom. The summed E-state index contributed by atoms with van der Waals surface area (Å²) in [5, 5.41) is 8.89. The molecule has 0 aromatic heterocycles. The normalized spacial score (nSPS) is 24.0. The standard InChI is InChI=1S/C13H15ClFNO4S/c1-8-5-9(13(17)18)7-16(6-8)21(19,20)12-10(14)3-2-4-11(12)15/h2-4,8-9H,5-7H2,1H3,(H,17,18). The fourth-order valence-corrected chi connectivity index (χ4v) is 4.71. The van der Waals surface area contributed by atoms with Crippen LogP contribution in [0.25, 0.3) is 0 Å². The van der Waals surface area contributed by atoms with Crippen molar-refractivity contribution in [3.05, 3.63) is 29.0 Å². The van der Waals surface area contributed by atoms with Gasteiger partial charge in [-0.2, -0.15) is 4.31 Å². The summed E-state index contributed by atoms with van der Waals surface area (Å²) in [6, 6.07) is 3.62. The highest BCUT2D eigenvalue weighted by Gasteiger charge is 2.38. The number of sulfonamides is 1. The molecule has 1 N–H and O–H groups in total. The van der Waals surface area contributed by atoms with Crippen LogP contribution in [0, 0.1) is 17.7 Å². The van der Waals surface area contributed by atoms with Crippen molar-refractivity contribution in [2.75, 3.05) is 13.1 Å². The Bertz CT molecular complexity index is 644. The van der Waals surface area contributed by atoms with E-state index in [1.807, 2.05) is 0 Å². The zero-order valence-electron chi connectivity index (χ0n) is 11.3. The lowest BCUT2D eigenvalue weighted by atomic mass is 9.92. The molecule has 0 spiro atoms. The van der Waals surface area contributed by atoms with Gasteiger partial charge in [-0.25, -0.2) is 12.8 Å². The van der Waals surface area contributed by atoms with E-state index in [9.17, 15) is 17.6 Å². The Kier molecular flexibility index (Phi) is 4.55. The van der Waals surface area contributed by atoms with Crippen molar-refractivity contribution in [3.63, 3.8) is 0 Å². The summed E-state index contributed by atoms with van der Waals surface area (Å²) in [6.45, 7) is 1.74. The van der Waals surface area contributed by atoms with E-state index in [1.54, 1.807) is 6.92 Å². The van der Waals surface area contributed by atoms with E-state index in [-0.39, 0.29) is 24.0 Å². The van der Waals surface area contributed by atoms with Crippen LogP contribution in [0.2, 0.25) is 5.02 Å². The molecule has 0 aliphatic carbocycles. The molecule has 0 amide bonds. The van der Waals surface area contributed by atoms with Crippen molar-refractivity contribution >= 4 is 27.6 Å². The van der Waals surface area contributed by atoms with Gasteiger partial charge in [0.1, 0.15) is 10.7 Å². The molecule has 0 bridgehead atoms. The monoisotopic (exact) mass is 335 g/mol. The highest BCUT2D eigenvalue weighted by Crippen LogP contribution is 2.31. The smallest absolute Gasteiger partial charge is 0.307 e. The number of hydrogen-bond acceptors (Lipinski definition) is 3. The van der Waals surface area contributed by atoms with Crippen LogP contribution in [0.4, 0.5) is 4.39 Å². The average Bonchev–Trinajstić information content (AvgIpc) is 2.37. The van der Waals surface area contributed by atoms with Crippen LogP contribution in [0.1, 0.15) is 13.3 Å². The molecule has 1 aromatic rings. The minimum absolute atomic E-state index is 0.125. The first-order valence-corrected chi connectivity index (χ1v) is 8.22. The van der Waals surface area contributed by atoms with Gasteiger partial charge in [0.05, 0.1) is 10.9 Å². The van der Waals surface area contributed by atoms with Crippen molar-refractivity contribution in [2.24, 2.45) is 11.8 Å². The predicted molar refractivity (Wildman–Crippen MR) is 75.1 cm³/mol. The average molecular weight is 336 g/mol. The number of carboxylic acids is 1. The summed E-state index contributed by atoms with van der Waals surface area (Å²) >= 11 is 5.81. The third kappa shape index (κ3) is 3.20. The number of rotatable bonds is 3. The molecule has 0 radical (unpaired) electrons. The molecular weight excluding hydrogens is 321 g/mol. The molecule has 1 aliphatic rings. The number of carbonyl (C=O) groups is 1. The first kappa shape index (κ1) is 16.2. The Morgan fingerprint density at radius 1 is 1.43 bits per heavy atom. The highest BCUT2D eigenvalue weighted by atomic mass is 35.5. The van der Waals surface area contributed by atoms with Gasteiger partial charge in [0.25, 0.3) is 0 Å². The van der Waals surface area contributed by atoms with E-state index in [2.05, 4.69) is 0 Å². The zero-order chi connectivity index (χ0) is 15.8. The van der Waals surface area contributed by atoms with Gasteiger partial charge >= 0.3 is 5.97 Å². The molecule has 2 rings (SSSR count). The molecule has 21 heavy (non-hydrogen) atoms. The van der Waals surface area contributed by atoms with Gasteiger partial charge in [0.15, 0.2) is 0 Å². The maximum Gasteiger partial charge on any atom is 0.307 e. The molecule has 1 aromatic carbocycles. The molecule has 1 fully saturated rings. The molecule has 5 nitrogen and oxygen atoms in total. The quantitative estimate of drug-likeness (QED) is 0.919. The highest BCUT2D eigenvalue weighted by molar-refractivity contribution is 7.89. The minimum atomic E-state index is -4.16. The molecule has 0 saturated carbocycles. The van der Waals surface area contributed by atoms with Crippen molar-refractivity contribution < 1.29 is 22.7 Å². The fraction of sp³-hybridized carbons (Fsp3) is 0.462. The van der Waals surface area contributed by atoms with E-state index in [1.165, 1.54) is 12.1 Å². The third-order valence-corrected chi connectivity index (χ3v) is 5.83. The van der Waals surface area contributed by atoms with Crippen LogP contribution in [0.15, 0.2) is 23.1 Å².